The highest BCUT2D eigenvalue weighted by Gasteiger charge is 2.14. The van der Waals surface area contributed by atoms with Crippen LogP contribution in [0.2, 0.25) is 5.15 Å². The van der Waals surface area contributed by atoms with Crippen LogP contribution in [0.4, 0.5) is 5.82 Å². The van der Waals surface area contributed by atoms with E-state index in [1.165, 1.54) is 0 Å². The predicted molar refractivity (Wildman–Crippen MR) is 113 cm³/mol. The fourth-order valence-electron chi connectivity index (χ4n) is 2.93. The van der Waals surface area contributed by atoms with Crippen molar-refractivity contribution in [1.82, 2.24) is 4.98 Å². The first-order valence-electron chi connectivity index (χ1n) is 8.32. The van der Waals surface area contributed by atoms with Crippen molar-refractivity contribution in [3.05, 3.63) is 83.7 Å². The lowest BCUT2D eigenvalue weighted by Gasteiger charge is -2.15. The number of pyridine rings is 1. The number of benzene rings is 2. The number of halogens is 1. The molecule has 4 heteroatoms. The summed E-state index contributed by atoms with van der Waals surface area (Å²) in [6.07, 6.45) is 3.50. The molecule has 1 N–H and O–H groups in total. The molecule has 0 saturated carbocycles. The molecular formula is C22H20ClN3. The van der Waals surface area contributed by atoms with Gasteiger partial charge in [0.05, 0.1) is 12.2 Å². The van der Waals surface area contributed by atoms with Crippen molar-refractivity contribution in [2.75, 3.05) is 11.9 Å². The molecule has 130 valence electrons. The van der Waals surface area contributed by atoms with E-state index < -0.39 is 0 Å². The zero-order valence-electron chi connectivity index (χ0n) is 14.7. The van der Waals surface area contributed by atoms with Crippen LogP contribution in [0, 0.1) is 6.92 Å². The normalized spacial score (nSPS) is 11.4. The molecule has 3 nitrogen and oxygen atoms in total. The average molecular weight is 362 g/mol. The number of hydrogen-bond donors (Lipinski definition) is 1. The molecule has 1 aromatic heterocycles. The molecule has 2 aromatic carbocycles. The van der Waals surface area contributed by atoms with Crippen molar-refractivity contribution in [2.24, 2.45) is 4.99 Å². The minimum atomic E-state index is 0.486. The van der Waals surface area contributed by atoms with E-state index in [1.807, 2.05) is 37.3 Å². The fraction of sp³-hybridized carbons (Fsp3) is 0.0909. The van der Waals surface area contributed by atoms with E-state index in [2.05, 4.69) is 52.9 Å². The molecule has 0 aliphatic rings. The number of aliphatic imine (C=N–C) groups is 1. The second-order valence-corrected chi connectivity index (χ2v) is 6.23. The van der Waals surface area contributed by atoms with E-state index in [9.17, 15) is 0 Å². The Labute approximate surface area is 158 Å². The first-order chi connectivity index (χ1) is 12.7. The van der Waals surface area contributed by atoms with Crippen molar-refractivity contribution >= 4 is 34.9 Å². The quantitative estimate of drug-likeness (QED) is 0.330. The van der Waals surface area contributed by atoms with Crippen molar-refractivity contribution in [3.8, 4) is 11.1 Å². The van der Waals surface area contributed by atoms with Crippen LogP contribution >= 0.6 is 11.6 Å². The van der Waals surface area contributed by atoms with Crippen LogP contribution in [-0.4, -0.2) is 18.2 Å². The van der Waals surface area contributed by atoms with Gasteiger partial charge < -0.3 is 5.32 Å². The number of rotatable bonds is 6. The smallest absolute Gasteiger partial charge is 0.136 e. The maximum absolute atomic E-state index is 6.38. The molecule has 0 amide bonds. The minimum Gasteiger partial charge on any atom is -0.364 e. The highest BCUT2D eigenvalue weighted by Crippen LogP contribution is 2.36. The third kappa shape index (κ3) is 3.53. The minimum absolute atomic E-state index is 0.486. The van der Waals surface area contributed by atoms with E-state index in [0.29, 0.717) is 11.7 Å². The van der Waals surface area contributed by atoms with Gasteiger partial charge in [-0.25, -0.2) is 4.98 Å². The highest BCUT2D eigenvalue weighted by molar-refractivity contribution is 6.31. The summed E-state index contributed by atoms with van der Waals surface area (Å²) in [6, 6.07) is 16.5. The van der Waals surface area contributed by atoms with Crippen LogP contribution in [0.1, 0.15) is 5.56 Å². The molecule has 3 aromatic rings. The van der Waals surface area contributed by atoms with Gasteiger partial charge in [0.1, 0.15) is 11.0 Å². The van der Waals surface area contributed by atoms with E-state index >= 15 is 0 Å². The van der Waals surface area contributed by atoms with E-state index in [-0.39, 0.29) is 0 Å². The van der Waals surface area contributed by atoms with E-state index in [1.54, 1.807) is 6.08 Å². The van der Waals surface area contributed by atoms with Gasteiger partial charge in [0, 0.05) is 5.39 Å². The Morgan fingerprint density at radius 2 is 1.96 bits per heavy atom. The number of aromatic nitrogens is 1. The predicted octanol–water partition coefficient (Wildman–Crippen LogP) is 6.05. The second kappa shape index (κ2) is 7.98. The maximum Gasteiger partial charge on any atom is 0.136 e. The van der Waals surface area contributed by atoms with Gasteiger partial charge in [0.15, 0.2) is 0 Å². The SMILES string of the molecule is C=C/C=C(/CNc1nc(Cl)c(C)c2cccc(-c3ccccc3)c12)N=C. The number of aryl methyl sites for hydroxylation is 1. The van der Waals surface area contributed by atoms with Gasteiger partial charge >= 0.3 is 0 Å². The molecule has 1 heterocycles. The zero-order chi connectivity index (χ0) is 18.5. The summed E-state index contributed by atoms with van der Waals surface area (Å²) in [5, 5.41) is 5.97. The van der Waals surface area contributed by atoms with Crippen LogP contribution in [0.15, 0.2) is 78.0 Å². The monoisotopic (exact) mass is 361 g/mol. The number of hydrogen-bond acceptors (Lipinski definition) is 3. The van der Waals surface area contributed by atoms with Gasteiger partial charge in [-0.05, 0) is 41.8 Å². The van der Waals surface area contributed by atoms with Crippen molar-refractivity contribution in [2.45, 2.75) is 6.92 Å². The Morgan fingerprint density at radius 1 is 1.19 bits per heavy atom. The van der Waals surface area contributed by atoms with Gasteiger partial charge in [0.25, 0.3) is 0 Å². The van der Waals surface area contributed by atoms with E-state index in [0.717, 1.165) is 39.0 Å². The number of nitrogens with zero attached hydrogens (tertiary/aromatic N) is 2. The van der Waals surface area contributed by atoms with Crippen LogP contribution in [0.3, 0.4) is 0 Å². The molecular weight excluding hydrogens is 342 g/mol. The molecule has 0 bridgehead atoms. The number of fused-ring (bicyclic) bond motifs is 1. The molecule has 0 radical (unpaired) electrons. The standard InChI is InChI=1S/C22H20ClN3/c1-4-9-17(24-3)14-25-22-20-18(15(2)21(23)26-22)12-8-13-19(20)16-10-6-5-7-11-16/h4-13H,1,3,14H2,2H3,(H,25,26)/b17-9-. The number of allylic oxidation sites excluding steroid dienone is 2. The zero-order valence-corrected chi connectivity index (χ0v) is 15.4. The Morgan fingerprint density at radius 3 is 2.65 bits per heavy atom. The lowest BCUT2D eigenvalue weighted by molar-refractivity contribution is 1.14. The Balaban J connectivity index is 2.18. The van der Waals surface area contributed by atoms with Gasteiger partial charge in [-0.2, -0.15) is 0 Å². The molecule has 0 aliphatic heterocycles. The van der Waals surface area contributed by atoms with Crippen LogP contribution in [0.25, 0.3) is 21.9 Å². The maximum atomic E-state index is 6.38. The Hall–Kier alpha value is -2.91. The summed E-state index contributed by atoms with van der Waals surface area (Å²) in [5.74, 6) is 0.730. The molecule has 26 heavy (non-hydrogen) atoms. The first kappa shape index (κ1) is 17.9. The van der Waals surface area contributed by atoms with Crippen molar-refractivity contribution < 1.29 is 0 Å². The molecule has 0 atom stereocenters. The molecule has 0 aliphatic carbocycles. The fourth-order valence-corrected chi connectivity index (χ4v) is 3.12. The summed E-state index contributed by atoms with van der Waals surface area (Å²) >= 11 is 6.38. The molecule has 0 spiro atoms. The average Bonchev–Trinajstić information content (AvgIpc) is 2.68. The lowest BCUT2D eigenvalue weighted by Crippen LogP contribution is -2.07. The van der Waals surface area contributed by atoms with Crippen LogP contribution in [0.5, 0.6) is 0 Å². The van der Waals surface area contributed by atoms with E-state index in [4.69, 9.17) is 11.6 Å². The van der Waals surface area contributed by atoms with Gasteiger partial charge in [0.2, 0.25) is 0 Å². The van der Waals surface area contributed by atoms with Gasteiger partial charge in [-0.3, -0.25) is 4.99 Å². The second-order valence-electron chi connectivity index (χ2n) is 5.88. The van der Waals surface area contributed by atoms with Crippen LogP contribution in [-0.2, 0) is 0 Å². The van der Waals surface area contributed by atoms with Crippen molar-refractivity contribution in [1.29, 1.82) is 0 Å². The third-order valence-electron chi connectivity index (χ3n) is 4.26. The number of nitrogens with one attached hydrogen (secondary N) is 1. The Bertz CT molecular complexity index is 991. The largest absolute Gasteiger partial charge is 0.364 e. The molecule has 0 fully saturated rings. The van der Waals surface area contributed by atoms with Gasteiger partial charge in [-0.15, -0.1) is 0 Å². The molecule has 0 saturated heterocycles. The highest BCUT2D eigenvalue weighted by atomic mass is 35.5. The summed E-state index contributed by atoms with van der Waals surface area (Å²) in [5.41, 5.74) is 3.99. The lowest BCUT2D eigenvalue weighted by atomic mass is 9.97. The van der Waals surface area contributed by atoms with Gasteiger partial charge in [-0.1, -0.05) is 72.8 Å². The first-order valence-corrected chi connectivity index (χ1v) is 8.70. The Kier molecular flexibility index (Phi) is 5.49. The molecule has 3 rings (SSSR count). The van der Waals surface area contributed by atoms with Crippen molar-refractivity contribution in [3.63, 3.8) is 0 Å². The summed E-state index contributed by atoms with van der Waals surface area (Å²) in [7, 11) is 0. The topological polar surface area (TPSA) is 37.3 Å². The summed E-state index contributed by atoms with van der Waals surface area (Å²) < 4.78 is 0. The number of anilines is 1. The van der Waals surface area contributed by atoms with Crippen LogP contribution < -0.4 is 5.32 Å². The summed E-state index contributed by atoms with van der Waals surface area (Å²) in [6.45, 7) is 9.78. The third-order valence-corrected chi connectivity index (χ3v) is 4.63. The summed E-state index contributed by atoms with van der Waals surface area (Å²) in [4.78, 5) is 8.60. The molecule has 0 unspecified atom stereocenters.